The zero-order chi connectivity index (χ0) is 28.4. The number of aryl methyl sites for hydroxylation is 1. The number of likely N-dealkylation sites (tertiary alicyclic amines) is 1. The molecule has 3 rings (SSSR count). The van der Waals surface area contributed by atoms with Gasteiger partial charge in [-0.05, 0) is 54.9 Å². The Labute approximate surface area is 234 Å². The van der Waals surface area contributed by atoms with Crippen LogP contribution < -0.4 is 5.32 Å². The molecule has 9 heteroatoms. The highest BCUT2D eigenvalue weighted by molar-refractivity contribution is 7.89. The quantitative estimate of drug-likeness (QED) is 0.400. The largest absolute Gasteiger partial charge is 0.334 e. The lowest BCUT2D eigenvalue weighted by Crippen LogP contribution is -2.52. The number of carbonyl (C=O) groups excluding carboxylic acids is 2. The van der Waals surface area contributed by atoms with E-state index < -0.39 is 10.0 Å². The van der Waals surface area contributed by atoms with Crippen LogP contribution in [-0.2, 0) is 27.8 Å². The molecule has 1 N–H and O–H groups in total. The van der Waals surface area contributed by atoms with E-state index in [2.05, 4.69) is 12.2 Å². The van der Waals surface area contributed by atoms with Gasteiger partial charge < -0.3 is 15.1 Å². The van der Waals surface area contributed by atoms with Gasteiger partial charge in [-0.25, -0.2) is 13.2 Å². The minimum Gasteiger partial charge on any atom is -0.334 e. The fraction of sp³-hybridized carbons (Fsp3) is 0.533. The molecule has 0 aliphatic carbocycles. The third-order valence-corrected chi connectivity index (χ3v) is 9.05. The molecule has 0 bridgehead atoms. The molecule has 0 unspecified atom stereocenters. The number of anilines is 1. The van der Waals surface area contributed by atoms with Crippen molar-refractivity contribution in [2.75, 3.05) is 37.2 Å². The standard InChI is InChI=1S/C30H44N4O4S/c1-5-20-39(37,38)33(21-24(3)4)23-29(35)34(22-26-10-8-7-9-11-26)28-16-18-32(19-17-28)30(36)31-27-14-12-25(6-2)13-15-27/h7-15,24,28H,5-6,16-23H2,1-4H3,(H,31,36). The number of nitrogens with zero attached hydrogens (tertiary/aromatic N) is 3. The Hall–Kier alpha value is -2.91. The van der Waals surface area contributed by atoms with Gasteiger partial charge in [0.15, 0.2) is 0 Å². The van der Waals surface area contributed by atoms with Crippen molar-refractivity contribution in [1.29, 1.82) is 0 Å². The number of amides is 3. The number of carbonyl (C=O) groups is 2. The topological polar surface area (TPSA) is 90.0 Å². The lowest BCUT2D eigenvalue weighted by atomic mass is 10.0. The second-order valence-corrected chi connectivity index (χ2v) is 12.8. The molecule has 0 aromatic heterocycles. The van der Waals surface area contributed by atoms with Gasteiger partial charge in [0.05, 0.1) is 12.3 Å². The van der Waals surface area contributed by atoms with Crippen molar-refractivity contribution in [2.45, 2.75) is 66.0 Å². The number of rotatable bonds is 12. The Morgan fingerprint density at radius 3 is 2.18 bits per heavy atom. The molecule has 8 nitrogen and oxygen atoms in total. The minimum absolute atomic E-state index is 0.0281. The summed E-state index contributed by atoms with van der Waals surface area (Å²) in [6, 6.07) is 17.4. The summed E-state index contributed by atoms with van der Waals surface area (Å²) in [6.45, 7) is 9.43. The second kappa shape index (κ2) is 14.5. The van der Waals surface area contributed by atoms with E-state index in [0.29, 0.717) is 45.4 Å². The van der Waals surface area contributed by atoms with Crippen LogP contribution in [0.3, 0.4) is 0 Å². The number of nitrogens with one attached hydrogen (secondary N) is 1. The lowest BCUT2D eigenvalue weighted by Gasteiger charge is -2.39. The second-order valence-electron chi connectivity index (χ2n) is 10.7. The Morgan fingerprint density at radius 2 is 1.62 bits per heavy atom. The fourth-order valence-corrected chi connectivity index (χ4v) is 6.53. The summed E-state index contributed by atoms with van der Waals surface area (Å²) in [6.07, 6.45) is 2.71. The molecule has 39 heavy (non-hydrogen) atoms. The predicted molar refractivity (Wildman–Crippen MR) is 157 cm³/mol. The number of urea groups is 1. The maximum atomic E-state index is 13.7. The fourth-order valence-electron chi connectivity index (χ4n) is 4.92. The summed E-state index contributed by atoms with van der Waals surface area (Å²) in [7, 11) is -3.53. The van der Waals surface area contributed by atoms with E-state index in [4.69, 9.17) is 0 Å². The summed E-state index contributed by atoms with van der Waals surface area (Å²) in [5.41, 5.74) is 2.97. The molecule has 0 atom stereocenters. The highest BCUT2D eigenvalue weighted by Gasteiger charge is 2.33. The zero-order valence-electron chi connectivity index (χ0n) is 23.8. The first-order chi connectivity index (χ1) is 18.6. The maximum Gasteiger partial charge on any atom is 0.321 e. The number of hydrogen-bond donors (Lipinski definition) is 1. The molecular weight excluding hydrogens is 512 g/mol. The van der Waals surface area contributed by atoms with Crippen molar-refractivity contribution >= 4 is 27.6 Å². The van der Waals surface area contributed by atoms with Crippen molar-refractivity contribution in [3.05, 3.63) is 65.7 Å². The highest BCUT2D eigenvalue weighted by atomic mass is 32.2. The smallest absolute Gasteiger partial charge is 0.321 e. The van der Waals surface area contributed by atoms with Gasteiger partial charge in [-0.2, -0.15) is 4.31 Å². The summed E-state index contributed by atoms with van der Waals surface area (Å²) in [4.78, 5) is 30.2. The van der Waals surface area contributed by atoms with Crippen LogP contribution in [0.4, 0.5) is 10.5 Å². The van der Waals surface area contributed by atoms with E-state index >= 15 is 0 Å². The highest BCUT2D eigenvalue weighted by Crippen LogP contribution is 2.22. The van der Waals surface area contributed by atoms with Crippen LogP contribution in [0.2, 0.25) is 0 Å². The normalized spacial score (nSPS) is 14.6. The third kappa shape index (κ3) is 9.07. The van der Waals surface area contributed by atoms with Crippen molar-refractivity contribution in [2.24, 2.45) is 5.92 Å². The number of piperidine rings is 1. The van der Waals surface area contributed by atoms with E-state index in [0.717, 1.165) is 17.7 Å². The van der Waals surface area contributed by atoms with E-state index in [1.54, 1.807) is 4.90 Å². The zero-order valence-corrected chi connectivity index (χ0v) is 24.6. The van der Waals surface area contributed by atoms with Crippen LogP contribution in [0.15, 0.2) is 54.6 Å². The molecule has 2 aromatic rings. The molecule has 2 aromatic carbocycles. The van der Waals surface area contributed by atoms with Gasteiger partial charge in [0.25, 0.3) is 0 Å². The first kappa shape index (κ1) is 30.6. The molecule has 1 saturated heterocycles. The van der Waals surface area contributed by atoms with E-state index in [1.165, 1.54) is 9.87 Å². The van der Waals surface area contributed by atoms with Gasteiger partial charge in [-0.15, -0.1) is 0 Å². The molecular formula is C30H44N4O4S. The van der Waals surface area contributed by atoms with E-state index in [-0.39, 0.29) is 36.2 Å². The van der Waals surface area contributed by atoms with Gasteiger partial charge in [0.2, 0.25) is 15.9 Å². The molecule has 3 amide bonds. The van der Waals surface area contributed by atoms with Gasteiger partial charge in [0, 0.05) is 37.9 Å². The minimum atomic E-state index is -3.53. The Bertz CT molecular complexity index is 1160. The van der Waals surface area contributed by atoms with Gasteiger partial charge >= 0.3 is 6.03 Å². The van der Waals surface area contributed by atoms with Crippen molar-refractivity contribution in [3.63, 3.8) is 0 Å². The van der Waals surface area contributed by atoms with E-state index in [9.17, 15) is 18.0 Å². The molecule has 0 radical (unpaired) electrons. The van der Waals surface area contributed by atoms with E-state index in [1.807, 2.05) is 80.3 Å². The average molecular weight is 557 g/mol. The average Bonchev–Trinajstić information content (AvgIpc) is 2.92. The summed E-state index contributed by atoms with van der Waals surface area (Å²) in [5, 5.41) is 2.98. The van der Waals surface area contributed by atoms with Gasteiger partial charge in [0.1, 0.15) is 0 Å². The molecule has 1 fully saturated rings. The van der Waals surface area contributed by atoms with Gasteiger partial charge in [-0.3, -0.25) is 4.79 Å². The predicted octanol–water partition coefficient (Wildman–Crippen LogP) is 4.97. The third-order valence-electron chi connectivity index (χ3n) is 7.06. The van der Waals surface area contributed by atoms with Crippen molar-refractivity contribution in [3.8, 4) is 0 Å². The summed E-state index contributed by atoms with van der Waals surface area (Å²) in [5.74, 6) is -0.0644. The molecule has 0 saturated carbocycles. The SMILES string of the molecule is CCCS(=O)(=O)N(CC(=O)N(Cc1ccccc1)C1CCN(C(=O)Nc2ccc(CC)cc2)CC1)CC(C)C. The molecule has 1 heterocycles. The first-order valence-electron chi connectivity index (χ1n) is 14.1. The molecule has 214 valence electrons. The van der Waals surface area contributed by atoms with Crippen molar-refractivity contribution < 1.29 is 18.0 Å². The first-order valence-corrected chi connectivity index (χ1v) is 15.7. The Balaban J connectivity index is 1.71. The van der Waals surface area contributed by atoms with Crippen molar-refractivity contribution in [1.82, 2.24) is 14.1 Å². The van der Waals surface area contributed by atoms with Crippen LogP contribution in [0.25, 0.3) is 0 Å². The molecule has 1 aliphatic rings. The number of sulfonamides is 1. The summed E-state index contributed by atoms with van der Waals surface area (Å²) < 4.78 is 27.3. The van der Waals surface area contributed by atoms with Crippen LogP contribution in [0.5, 0.6) is 0 Å². The van der Waals surface area contributed by atoms with Crippen LogP contribution in [-0.4, -0.2) is 72.4 Å². The monoisotopic (exact) mass is 556 g/mol. The van der Waals surface area contributed by atoms with Crippen LogP contribution in [0.1, 0.15) is 58.1 Å². The van der Waals surface area contributed by atoms with Crippen LogP contribution in [0, 0.1) is 5.92 Å². The Kier molecular flexibility index (Phi) is 11.4. The summed E-state index contributed by atoms with van der Waals surface area (Å²) >= 11 is 0. The van der Waals surface area contributed by atoms with Gasteiger partial charge in [-0.1, -0.05) is 70.2 Å². The maximum absolute atomic E-state index is 13.7. The molecule has 1 aliphatic heterocycles. The lowest BCUT2D eigenvalue weighted by molar-refractivity contribution is -0.135. The Morgan fingerprint density at radius 1 is 0.974 bits per heavy atom. The molecule has 0 spiro atoms. The van der Waals surface area contributed by atoms with Crippen LogP contribution >= 0.6 is 0 Å². The number of benzene rings is 2. The number of hydrogen-bond acceptors (Lipinski definition) is 4.